The third kappa shape index (κ3) is 2.31. The average Bonchev–Trinajstić information content (AvgIpc) is 2.84. The molecule has 0 saturated heterocycles. The van der Waals surface area contributed by atoms with Gasteiger partial charge in [-0.15, -0.1) is 16.4 Å². The van der Waals surface area contributed by atoms with Gasteiger partial charge in [-0.1, -0.05) is 11.4 Å². The molecule has 2 rings (SSSR count). The molecule has 1 N–H and O–H groups in total. The van der Waals surface area contributed by atoms with Crippen molar-refractivity contribution in [1.82, 2.24) is 14.9 Å². The van der Waals surface area contributed by atoms with Crippen LogP contribution in [0.3, 0.4) is 0 Å². The van der Waals surface area contributed by atoms with Crippen LogP contribution < -0.4 is 5.32 Å². The maximum atomic E-state index is 4.08. The van der Waals surface area contributed by atoms with E-state index in [-0.39, 0.29) is 6.04 Å². The van der Waals surface area contributed by atoms with E-state index in [9.17, 15) is 0 Å². The molecule has 0 radical (unpaired) electrons. The molecule has 0 fully saturated rings. The molecule has 2 aromatic heterocycles. The van der Waals surface area contributed by atoms with Crippen molar-refractivity contribution in [3.05, 3.63) is 32.5 Å². The highest BCUT2D eigenvalue weighted by molar-refractivity contribution is 7.10. The Bertz CT molecular complexity index is 461. The predicted molar refractivity (Wildman–Crippen MR) is 69.2 cm³/mol. The molecule has 0 bridgehead atoms. The molecule has 16 heavy (non-hydrogen) atoms. The highest BCUT2D eigenvalue weighted by Gasteiger charge is 2.19. The topological polar surface area (TPSA) is 37.8 Å². The second-order valence-corrected chi connectivity index (χ2v) is 5.61. The number of aryl methyl sites for hydroxylation is 2. The first-order chi connectivity index (χ1) is 7.72. The van der Waals surface area contributed by atoms with Crippen LogP contribution in [0.2, 0.25) is 0 Å². The molecule has 2 aromatic rings. The molecule has 3 nitrogen and oxygen atoms in total. The Morgan fingerprint density at radius 1 is 1.44 bits per heavy atom. The number of hydrogen-bond acceptors (Lipinski definition) is 5. The minimum Gasteiger partial charge on any atom is -0.306 e. The molecule has 0 spiro atoms. The summed E-state index contributed by atoms with van der Waals surface area (Å²) in [4.78, 5) is 2.56. The van der Waals surface area contributed by atoms with Crippen LogP contribution in [-0.2, 0) is 0 Å². The van der Waals surface area contributed by atoms with Crippen LogP contribution >= 0.6 is 22.9 Å². The lowest BCUT2D eigenvalue weighted by Gasteiger charge is -2.14. The van der Waals surface area contributed by atoms with Crippen molar-refractivity contribution >= 4 is 22.9 Å². The van der Waals surface area contributed by atoms with Gasteiger partial charge >= 0.3 is 0 Å². The zero-order valence-electron chi connectivity index (χ0n) is 9.65. The maximum absolute atomic E-state index is 4.08. The molecule has 0 amide bonds. The summed E-state index contributed by atoms with van der Waals surface area (Å²) in [6.45, 7) is 7.21. The highest BCUT2D eigenvalue weighted by Crippen LogP contribution is 2.29. The Hall–Kier alpha value is -0.780. The van der Waals surface area contributed by atoms with E-state index < -0.39 is 0 Å². The summed E-state index contributed by atoms with van der Waals surface area (Å²) < 4.78 is 4.01. The number of aromatic nitrogens is 2. The Morgan fingerprint density at radius 2 is 2.25 bits per heavy atom. The highest BCUT2D eigenvalue weighted by atomic mass is 32.1. The van der Waals surface area contributed by atoms with E-state index in [1.165, 1.54) is 26.9 Å². The van der Waals surface area contributed by atoms with Gasteiger partial charge in [0.15, 0.2) is 0 Å². The van der Waals surface area contributed by atoms with Gasteiger partial charge in [-0.2, -0.15) is 0 Å². The van der Waals surface area contributed by atoms with Crippen molar-refractivity contribution in [2.45, 2.75) is 26.8 Å². The number of nitrogens with one attached hydrogen (secondary N) is 1. The van der Waals surface area contributed by atoms with Crippen molar-refractivity contribution in [1.29, 1.82) is 0 Å². The number of hydrogen-bond donors (Lipinski definition) is 1. The Labute approximate surface area is 104 Å². The standard InChI is InChI=1S/C11H15N3S2/c1-4-12-10(9-5-7(2)15-6-9)11-8(3)13-14-16-11/h5-6,10,12H,4H2,1-3H3. The largest absolute Gasteiger partial charge is 0.306 e. The molecule has 0 aliphatic heterocycles. The predicted octanol–water partition coefficient (Wildman–Crippen LogP) is 2.92. The minimum absolute atomic E-state index is 0.245. The molecule has 5 heteroatoms. The maximum Gasteiger partial charge on any atom is 0.0776 e. The lowest BCUT2D eigenvalue weighted by molar-refractivity contribution is 0.637. The zero-order valence-corrected chi connectivity index (χ0v) is 11.3. The summed E-state index contributed by atoms with van der Waals surface area (Å²) in [5.74, 6) is 0. The Kier molecular flexibility index (Phi) is 3.68. The Balaban J connectivity index is 2.34. The van der Waals surface area contributed by atoms with Crippen LogP contribution in [-0.4, -0.2) is 16.1 Å². The smallest absolute Gasteiger partial charge is 0.0776 e. The fourth-order valence-corrected chi connectivity index (χ4v) is 3.16. The van der Waals surface area contributed by atoms with E-state index in [0.717, 1.165) is 12.2 Å². The molecule has 1 atom stereocenters. The third-order valence-electron chi connectivity index (χ3n) is 2.44. The van der Waals surface area contributed by atoms with Crippen molar-refractivity contribution in [2.24, 2.45) is 0 Å². The summed E-state index contributed by atoms with van der Waals surface area (Å²) in [6, 6.07) is 2.48. The van der Waals surface area contributed by atoms with Gasteiger partial charge in [0, 0.05) is 4.88 Å². The molecule has 0 saturated carbocycles. The lowest BCUT2D eigenvalue weighted by Crippen LogP contribution is -2.21. The molecule has 0 aliphatic carbocycles. The van der Waals surface area contributed by atoms with E-state index >= 15 is 0 Å². The number of nitrogens with zero attached hydrogens (tertiary/aromatic N) is 2. The number of rotatable bonds is 4. The van der Waals surface area contributed by atoms with Gasteiger partial charge < -0.3 is 5.32 Å². The molecular weight excluding hydrogens is 238 g/mol. The van der Waals surface area contributed by atoms with Crippen LogP contribution in [0.1, 0.15) is 34.0 Å². The zero-order chi connectivity index (χ0) is 11.5. The molecule has 0 aromatic carbocycles. The van der Waals surface area contributed by atoms with Crippen LogP contribution in [0.4, 0.5) is 0 Å². The van der Waals surface area contributed by atoms with E-state index in [0.29, 0.717) is 0 Å². The van der Waals surface area contributed by atoms with Gasteiger partial charge in [0.05, 0.1) is 16.6 Å². The first-order valence-corrected chi connectivity index (χ1v) is 6.95. The number of thiophene rings is 1. The van der Waals surface area contributed by atoms with Gasteiger partial charge in [0.2, 0.25) is 0 Å². The van der Waals surface area contributed by atoms with Crippen molar-refractivity contribution in [3.63, 3.8) is 0 Å². The molecule has 0 aliphatic rings. The van der Waals surface area contributed by atoms with Crippen LogP contribution in [0.5, 0.6) is 0 Å². The minimum atomic E-state index is 0.245. The van der Waals surface area contributed by atoms with Crippen LogP contribution in [0, 0.1) is 13.8 Å². The molecule has 86 valence electrons. The second-order valence-electron chi connectivity index (χ2n) is 3.70. The summed E-state index contributed by atoms with van der Waals surface area (Å²) in [5.41, 5.74) is 2.35. The van der Waals surface area contributed by atoms with Gasteiger partial charge in [-0.05, 0) is 48.9 Å². The molecule has 2 heterocycles. The normalized spacial score (nSPS) is 12.9. The first kappa shape index (κ1) is 11.7. The van der Waals surface area contributed by atoms with Gasteiger partial charge in [0.25, 0.3) is 0 Å². The van der Waals surface area contributed by atoms with Gasteiger partial charge in [-0.25, -0.2) is 0 Å². The SMILES string of the molecule is CCNC(c1csc(C)c1)c1snnc1C. The van der Waals surface area contributed by atoms with Gasteiger partial charge in [-0.3, -0.25) is 0 Å². The van der Waals surface area contributed by atoms with Gasteiger partial charge in [0.1, 0.15) is 0 Å². The van der Waals surface area contributed by atoms with Crippen LogP contribution in [0.15, 0.2) is 11.4 Å². The summed E-state index contributed by atoms with van der Waals surface area (Å²) >= 11 is 3.27. The quantitative estimate of drug-likeness (QED) is 0.910. The van der Waals surface area contributed by atoms with E-state index in [1.807, 2.05) is 6.92 Å². The summed E-state index contributed by atoms with van der Waals surface area (Å²) in [7, 11) is 0. The molecular formula is C11H15N3S2. The van der Waals surface area contributed by atoms with E-state index in [1.54, 1.807) is 11.3 Å². The van der Waals surface area contributed by atoms with Crippen LogP contribution in [0.25, 0.3) is 0 Å². The van der Waals surface area contributed by atoms with Crippen molar-refractivity contribution in [3.8, 4) is 0 Å². The monoisotopic (exact) mass is 253 g/mol. The van der Waals surface area contributed by atoms with Crippen molar-refractivity contribution in [2.75, 3.05) is 6.54 Å². The fourth-order valence-electron chi connectivity index (χ4n) is 1.68. The van der Waals surface area contributed by atoms with E-state index in [4.69, 9.17) is 0 Å². The first-order valence-electron chi connectivity index (χ1n) is 5.29. The van der Waals surface area contributed by atoms with E-state index in [2.05, 4.69) is 40.2 Å². The fraction of sp³-hybridized carbons (Fsp3) is 0.455. The molecule has 1 unspecified atom stereocenters. The average molecular weight is 253 g/mol. The second kappa shape index (κ2) is 5.03. The lowest BCUT2D eigenvalue weighted by atomic mass is 10.1. The van der Waals surface area contributed by atoms with Crippen molar-refractivity contribution < 1.29 is 0 Å². The summed E-state index contributed by atoms with van der Waals surface area (Å²) in [5, 5.41) is 9.79. The third-order valence-corrected chi connectivity index (χ3v) is 4.21. The summed E-state index contributed by atoms with van der Waals surface area (Å²) in [6.07, 6.45) is 0. The Morgan fingerprint density at radius 3 is 2.75 bits per heavy atom.